The number of benzene rings is 1. The molecule has 2 aliphatic rings. The van der Waals surface area contributed by atoms with Crippen LogP contribution in [0.2, 0.25) is 0 Å². The van der Waals surface area contributed by atoms with Crippen molar-refractivity contribution in [1.82, 2.24) is 19.1 Å². The minimum atomic E-state index is -3.55. The van der Waals surface area contributed by atoms with Crippen LogP contribution in [0.15, 0.2) is 34.5 Å². The highest BCUT2D eigenvalue weighted by Crippen LogP contribution is 2.19. The van der Waals surface area contributed by atoms with Crippen LogP contribution >= 0.6 is 23.7 Å². The van der Waals surface area contributed by atoms with Crippen molar-refractivity contribution in [2.75, 3.05) is 52.5 Å². The molecule has 0 saturated carbocycles. The Bertz CT molecular complexity index is 983. The van der Waals surface area contributed by atoms with Gasteiger partial charge in [0.15, 0.2) is 0 Å². The van der Waals surface area contributed by atoms with E-state index >= 15 is 0 Å². The van der Waals surface area contributed by atoms with Gasteiger partial charge >= 0.3 is 0 Å². The average Bonchev–Trinajstić information content (AvgIpc) is 3.19. The van der Waals surface area contributed by atoms with E-state index in [4.69, 9.17) is 4.74 Å². The number of hydrogen-bond donors (Lipinski definition) is 0. The normalized spacial score (nSPS) is 18.5. The number of aryl methyl sites for hydroxylation is 1. The van der Waals surface area contributed by atoms with Crippen molar-refractivity contribution in [2.24, 2.45) is 0 Å². The fraction of sp³-hybridized carbons (Fsp3) is 0.500. The smallest absolute Gasteiger partial charge is 0.253 e. The third-order valence-electron chi connectivity index (χ3n) is 5.39. The number of morpholine rings is 1. The van der Waals surface area contributed by atoms with E-state index in [0.29, 0.717) is 45.0 Å². The van der Waals surface area contributed by atoms with Gasteiger partial charge in [0.2, 0.25) is 10.0 Å². The van der Waals surface area contributed by atoms with Crippen molar-refractivity contribution in [1.29, 1.82) is 0 Å². The summed E-state index contributed by atoms with van der Waals surface area (Å²) in [5.74, 6) is -0.0601. The minimum Gasteiger partial charge on any atom is -0.379 e. The van der Waals surface area contributed by atoms with Gasteiger partial charge in [-0.1, -0.05) is 0 Å². The Morgan fingerprint density at radius 1 is 1.06 bits per heavy atom. The Morgan fingerprint density at radius 3 is 2.29 bits per heavy atom. The molecule has 0 radical (unpaired) electrons. The van der Waals surface area contributed by atoms with E-state index < -0.39 is 10.0 Å². The SMILES string of the molecule is Cc1csc(CN2CCN(C(=O)c3ccc(S(=O)(=O)N4CCOCC4)cc3)CC2)n1.Cl. The molecular weight excluding hydrogens is 460 g/mol. The molecule has 4 rings (SSSR count). The highest BCUT2D eigenvalue weighted by molar-refractivity contribution is 7.89. The topological polar surface area (TPSA) is 83.1 Å². The summed E-state index contributed by atoms with van der Waals surface area (Å²) in [6.45, 7) is 7.23. The molecule has 2 fully saturated rings. The molecule has 0 bridgehead atoms. The van der Waals surface area contributed by atoms with Gasteiger partial charge in [-0.25, -0.2) is 13.4 Å². The van der Waals surface area contributed by atoms with Gasteiger partial charge in [-0.2, -0.15) is 4.31 Å². The number of halogens is 1. The molecule has 1 aromatic heterocycles. The number of piperazine rings is 1. The van der Waals surface area contributed by atoms with Crippen LogP contribution in [0.4, 0.5) is 0 Å². The van der Waals surface area contributed by atoms with Gasteiger partial charge in [0.25, 0.3) is 5.91 Å². The first-order chi connectivity index (χ1) is 14.4. The van der Waals surface area contributed by atoms with Crippen molar-refractivity contribution >= 4 is 39.7 Å². The lowest BCUT2D eigenvalue weighted by Gasteiger charge is -2.34. The van der Waals surface area contributed by atoms with Gasteiger partial charge in [-0.3, -0.25) is 9.69 Å². The molecule has 0 N–H and O–H groups in total. The monoisotopic (exact) mass is 486 g/mol. The number of aromatic nitrogens is 1. The van der Waals surface area contributed by atoms with Gasteiger partial charge in [0.05, 0.1) is 24.7 Å². The van der Waals surface area contributed by atoms with Crippen LogP contribution in [-0.2, 0) is 21.3 Å². The summed E-state index contributed by atoms with van der Waals surface area (Å²) < 4.78 is 32.1. The van der Waals surface area contributed by atoms with E-state index in [1.165, 1.54) is 16.4 Å². The van der Waals surface area contributed by atoms with Crippen LogP contribution in [0.3, 0.4) is 0 Å². The summed E-state index contributed by atoms with van der Waals surface area (Å²) in [5, 5.41) is 3.15. The van der Waals surface area contributed by atoms with Crippen LogP contribution in [0.5, 0.6) is 0 Å². The molecule has 0 atom stereocenters. The summed E-state index contributed by atoms with van der Waals surface area (Å²) in [6, 6.07) is 6.28. The molecule has 1 amide bonds. The first-order valence-corrected chi connectivity index (χ1v) is 12.4. The number of ether oxygens (including phenoxy) is 1. The molecule has 0 aliphatic carbocycles. The number of sulfonamides is 1. The lowest BCUT2D eigenvalue weighted by molar-refractivity contribution is 0.0628. The second-order valence-electron chi connectivity index (χ2n) is 7.49. The van der Waals surface area contributed by atoms with E-state index in [-0.39, 0.29) is 23.2 Å². The van der Waals surface area contributed by atoms with Crippen molar-refractivity contribution in [3.05, 3.63) is 45.9 Å². The molecular formula is C20H27ClN4O4S2. The summed E-state index contributed by atoms with van der Waals surface area (Å²) >= 11 is 1.67. The molecule has 11 heteroatoms. The third-order valence-corrected chi connectivity index (χ3v) is 8.26. The van der Waals surface area contributed by atoms with Gasteiger partial charge in [0.1, 0.15) is 5.01 Å². The Kier molecular flexibility index (Phi) is 8.06. The second-order valence-corrected chi connectivity index (χ2v) is 10.4. The molecule has 3 heterocycles. The molecule has 0 spiro atoms. The Hall–Kier alpha value is -1.56. The summed E-state index contributed by atoms with van der Waals surface area (Å²) in [7, 11) is -3.55. The van der Waals surface area contributed by atoms with Crippen molar-refractivity contribution < 1.29 is 17.9 Å². The molecule has 170 valence electrons. The molecule has 2 saturated heterocycles. The van der Waals surface area contributed by atoms with E-state index in [1.54, 1.807) is 23.5 Å². The zero-order valence-corrected chi connectivity index (χ0v) is 19.8. The lowest BCUT2D eigenvalue weighted by Crippen LogP contribution is -2.48. The number of carbonyl (C=O) groups excluding carboxylic acids is 1. The lowest BCUT2D eigenvalue weighted by atomic mass is 10.2. The van der Waals surface area contributed by atoms with E-state index in [0.717, 1.165) is 30.3 Å². The first kappa shape index (κ1) is 24.1. The van der Waals surface area contributed by atoms with Gasteiger partial charge in [-0.05, 0) is 31.2 Å². The number of rotatable bonds is 5. The maximum Gasteiger partial charge on any atom is 0.253 e. The number of hydrogen-bond acceptors (Lipinski definition) is 7. The number of nitrogens with zero attached hydrogens (tertiary/aromatic N) is 4. The average molecular weight is 487 g/mol. The highest BCUT2D eigenvalue weighted by Gasteiger charge is 2.27. The fourth-order valence-electron chi connectivity index (χ4n) is 3.66. The maximum atomic E-state index is 12.9. The zero-order chi connectivity index (χ0) is 21.1. The molecule has 2 aromatic rings. The number of carbonyl (C=O) groups is 1. The van der Waals surface area contributed by atoms with Crippen LogP contribution < -0.4 is 0 Å². The third kappa shape index (κ3) is 5.63. The van der Waals surface area contributed by atoms with Crippen molar-refractivity contribution in [3.8, 4) is 0 Å². The summed E-state index contributed by atoms with van der Waals surface area (Å²) in [4.78, 5) is 21.7. The number of amides is 1. The summed E-state index contributed by atoms with van der Waals surface area (Å²) in [5.41, 5.74) is 1.56. The van der Waals surface area contributed by atoms with Gasteiger partial charge < -0.3 is 9.64 Å². The summed E-state index contributed by atoms with van der Waals surface area (Å²) in [6.07, 6.45) is 0. The second kappa shape index (κ2) is 10.4. The standard InChI is InChI=1S/C20H26N4O4S2.ClH/c1-16-15-29-19(21-16)14-22-6-8-23(9-7-22)20(25)17-2-4-18(5-3-17)30(26,27)24-10-12-28-13-11-24;/h2-5,15H,6-14H2,1H3;1H. The van der Waals surface area contributed by atoms with E-state index in [2.05, 4.69) is 15.3 Å². The van der Waals surface area contributed by atoms with Crippen LogP contribution in [0.25, 0.3) is 0 Å². The Balaban J connectivity index is 0.00000272. The molecule has 2 aliphatic heterocycles. The first-order valence-electron chi connectivity index (χ1n) is 10.0. The maximum absolute atomic E-state index is 12.9. The predicted octanol–water partition coefficient (Wildman–Crippen LogP) is 1.85. The van der Waals surface area contributed by atoms with Crippen LogP contribution in [0.1, 0.15) is 21.1 Å². The van der Waals surface area contributed by atoms with E-state index in [9.17, 15) is 13.2 Å². The fourth-order valence-corrected chi connectivity index (χ4v) is 5.88. The predicted molar refractivity (Wildman–Crippen MR) is 121 cm³/mol. The van der Waals surface area contributed by atoms with Crippen LogP contribution in [-0.4, -0.2) is 85.9 Å². The largest absolute Gasteiger partial charge is 0.379 e. The highest BCUT2D eigenvalue weighted by atomic mass is 35.5. The Morgan fingerprint density at radius 2 is 1.71 bits per heavy atom. The van der Waals surface area contributed by atoms with Crippen molar-refractivity contribution in [2.45, 2.75) is 18.4 Å². The van der Waals surface area contributed by atoms with Gasteiger partial charge in [0, 0.05) is 55.9 Å². The quantitative estimate of drug-likeness (QED) is 0.641. The van der Waals surface area contributed by atoms with E-state index in [1.807, 2.05) is 11.8 Å². The Labute approximate surface area is 193 Å². The molecule has 8 nitrogen and oxygen atoms in total. The molecule has 0 unspecified atom stereocenters. The van der Waals surface area contributed by atoms with Crippen molar-refractivity contribution in [3.63, 3.8) is 0 Å². The molecule has 31 heavy (non-hydrogen) atoms. The number of thiazole rings is 1. The minimum absolute atomic E-state index is 0. The zero-order valence-electron chi connectivity index (χ0n) is 17.4. The molecule has 1 aromatic carbocycles. The van der Waals surface area contributed by atoms with Crippen LogP contribution in [0, 0.1) is 6.92 Å². The van der Waals surface area contributed by atoms with Gasteiger partial charge in [-0.15, -0.1) is 23.7 Å².